The summed E-state index contributed by atoms with van der Waals surface area (Å²) < 4.78 is 30.4. The van der Waals surface area contributed by atoms with Gasteiger partial charge in [-0.2, -0.15) is 0 Å². The number of non-ortho nitro benzene ring substituents is 1. The molecule has 0 aromatic heterocycles. The molecule has 2 aromatic rings. The molecule has 0 saturated heterocycles. The smallest absolute Gasteiger partial charge is 0.271 e. The number of nitrogens with zero attached hydrogens (tertiary/aromatic N) is 2. The van der Waals surface area contributed by atoms with Gasteiger partial charge in [-0.3, -0.25) is 19.7 Å². The molecule has 0 unspecified atom stereocenters. The molecule has 3 rings (SSSR count). The van der Waals surface area contributed by atoms with Crippen LogP contribution in [-0.4, -0.2) is 43.1 Å². The van der Waals surface area contributed by atoms with Gasteiger partial charge in [0.2, 0.25) is 5.91 Å². The van der Waals surface area contributed by atoms with E-state index in [1.807, 2.05) is 0 Å². The minimum Gasteiger partial charge on any atom is -0.495 e. The number of methoxy groups -OCH3 is 1. The SMILES string of the molecule is COc1ccc([N+](=O)[O-])cc1NC(=O)CN1C(=O)c2ccccc2S1(=O)=O. The maximum absolute atomic E-state index is 12.5. The maximum Gasteiger partial charge on any atom is 0.271 e. The largest absolute Gasteiger partial charge is 0.495 e. The molecule has 0 aliphatic carbocycles. The Hall–Kier alpha value is -3.47. The van der Waals surface area contributed by atoms with Crippen LogP contribution in [0.4, 0.5) is 11.4 Å². The first-order chi connectivity index (χ1) is 12.8. The molecule has 10 nitrogen and oxygen atoms in total. The summed E-state index contributed by atoms with van der Waals surface area (Å²) in [7, 11) is -2.83. The lowest BCUT2D eigenvalue weighted by atomic mass is 10.2. The normalized spacial score (nSPS) is 14.6. The molecular formula is C16H13N3O7S. The zero-order chi connectivity index (χ0) is 19.8. The van der Waals surface area contributed by atoms with Crippen LogP contribution in [0.3, 0.4) is 0 Å². The van der Waals surface area contributed by atoms with Crippen LogP contribution in [0.1, 0.15) is 10.4 Å². The van der Waals surface area contributed by atoms with E-state index in [-0.39, 0.29) is 27.6 Å². The second kappa shape index (κ2) is 6.68. The Kier molecular flexibility index (Phi) is 4.54. The number of hydrogen-bond acceptors (Lipinski definition) is 7. The lowest BCUT2D eigenvalue weighted by Crippen LogP contribution is -2.37. The average Bonchev–Trinajstić information content (AvgIpc) is 2.83. The summed E-state index contributed by atoms with van der Waals surface area (Å²) in [4.78, 5) is 34.7. The number of nitrogens with one attached hydrogen (secondary N) is 1. The molecule has 1 N–H and O–H groups in total. The highest BCUT2D eigenvalue weighted by Gasteiger charge is 2.41. The molecule has 140 valence electrons. The van der Waals surface area contributed by atoms with Crippen LogP contribution in [0.15, 0.2) is 47.4 Å². The van der Waals surface area contributed by atoms with Crippen molar-refractivity contribution in [3.8, 4) is 5.75 Å². The van der Waals surface area contributed by atoms with Crippen LogP contribution >= 0.6 is 0 Å². The fourth-order valence-corrected chi connectivity index (χ4v) is 4.14. The van der Waals surface area contributed by atoms with Gasteiger partial charge in [0.15, 0.2) is 0 Å². The number of amides is 2. The number of rotatable bonds is 5. The third kappa shape index (κ3) is 3.19. The predicted molar refractivity (Wildman–Crippen MR) is 92.9 cm³/mol. The van der Waals surface area contributed by atoms with Gasteiger partial charge in [0.25, 0.3) is 21.6 Å². The second-order valence-electron chi connectivity index (χ2n) is 5.50. The number of carbonyl (C=O) groups is 2. The van der Waals surface area contributed by atoms with Crippen molar-refractivity contribution in [3.63, 3.8) is 0 Å². The van der Waals surface area contributed by atoms with Gasteiger partial charge >= 0.3 is 0 Å². The molecule has 0 saturated carbocycles. The summed E-state index contributed by atoms with van der Waals surface area (Å²) >= 11 is 0. The van der Waals surface area contributed by atoms with E-state index in [1.54, 1.807) is 0 Å². The van der Waals surface area contributed by atoms with Crippen LogP contribution in [0.2, 0.25) is 0 Å². The van der Waals surface area contributed by atoms with Gasteiger partial charge in [0.1, 0.15) is 17.2 Å². The number of nitro groups is 1. The van der Waals surface area contributed by atoms with Gasteiger partial charge in [-0.15, -0.1) is 0 Å². The highest BCUT2D eigenvalue weighted by Crippen LogP contribution is 2.31. The Morgan fingerprint density at radius 2 is 1.96 bits per heavy atom. The number of carbonyl (C=O) groups excluding carboxylic acids is 2. The molecular weight excluding hydrogens is 378 g/mol. The maximum atomic E-state index is 12.5. The van der Waals surface area contributed by atoms with Crippen molar-refractivity contribution >= 4 is 33.2 Å². The molecule has 1 aliphatic heterocycles. The lowest BCUT2D eigenvalue weighted by Gasteiger charge is -2.15. The van der Waals surface area contributed by atoms with E-state index in [0.717, 1.165) is 6.07 Å². The highest BCUT2D eigenvalue weighted by molar-refractivity contribution is 7.90. The molecule has 0 atom stereocenters. The fourth-order valence-electron chi connectivity index (χ4n) is 2.61. The molecule has 27 heavy (non-hydrogen) atoms. The van der Waals surface area contributed by atoms with Crippen LogP contribution in [-0.2, 0) is 14.8 Å². The highest BCUT2D eigenvalue weighted by atomic mass is 32.2. The third-order valence-electron chi connectivity index (χ3n) is 3.87. The van der Waals surface area contributed by atoms with Crippen LogP contribution in [0.25, 0.3) is 0 Å². The lowest BCUT2D eigenvalue weighted by molar-refractivity contribution is -0.384. The molecule has 1 aliphatic rings. The van der Waals surface area contributed by atoms with E-state index in [1.165, 1.54) is 43.5 Å². The van der Waals surface area contributed by atoms with Crippen LogP contribution in [0.5, 0.6) is 5.75 Å². The summed E-state index contributed by atoms with van der Waals surface area (Å²) in [6.45, 7) is -0.776. The number of benzene rings is 2. The first kappa shape index (κ1) is 18.3. The minimum absolute atomic E-state index is 0.0155. The Labute approximate surface area is 153 Å². The van der Waals surface area contributed by atoms with Crippen molar-refractivity contribution in [1.29, 1.82) is 0 Å². The zero-order valence-electron chi connectivity index (χ0n) is 13.9. The zero-order valence-corrected chi connectivity index (χ0v) is 14.7. The third-order valence-corrected chi connectivity index (χ3v) is 5.65. The number of anilines is 1. The molecule has 0 radical (unpaired) electrons. The van der Waals surface area contributed by atoms with Crippen LogP contribution in [0, 0.1) is 10.1 Å². The Morgan fingerprint density at radius 3 is 2.59 bits per heavy atom. The van der Waals surface area contributed by atoms with Crippen LogP contribution < -0.4 is 10.1 Å². The molecule has 0 spiro atoms. The minimum atomic E-state index is -4.14. The van der Waals surface area contributed by atoms with Gasteiger partial charge < -0.3 is 10.1 Å². The quantitative estimate of drug-likeness (QED) is 0.601. The molecule has 1 heterocycles. The fraction of sp³-hybridized carbons (Fsp3) is 0.125. The summed E-state index contributed by atoms with van der Waals surface area (Å²) in [6.07, 6.45) is 0. The predicted octanol–water partition coefficient (Wildman–Crippen LogP) is 1.39. The van der Waals surface area contributed by atoms with Crippen molar-refractivity contribution in [2.24, 2.45) is 0 Å². The number of hydrogen-bond donors (Lipinski definition) is 1. The Balaban J connectivity index is 1.84. The molecule has 0 fully saturated rings. The topological polar surface area (TPSA) is 136 Å². The second-order valence-corrected chi connectivity index (χ2v) is 7.33. The van der Waals surface area contributed by atoms with E-state index < -0.39 is 33.3 Å². The number of ether oxygens (including phenoxy) is 1. The van der Waals surface area contributed by atoms with Gasteiger partial charge in [-0.05, 0) is 18.2 Å². The number of nitro benzene ring substituents is 1. The van der Waals surface area contributed by atoms with Crippen molar-refractivity contribution in [2.45, 2.75) is 4.90 Å². The average molecular weight is 391 g/mol. The van der Waals surface area contributed by atoms with Gasteiger partial charge in [-0.1, -0.05) is 12.1 Å². The van der Waals surface area contributed by atoms with E-state index in [4.69, 9.17) is 4.74 Å². The summed E-state index contributed by atoms with van der Waals surface area (Å²) in [6, 6.07) is 9.19. The summed E-state index contributed by atoms with van der Waals surface area (Å²) in [5.41, 5.74) is -0.320. The van der Waals surface area contributed by atoms with Crippen molar-refractivity contribution in [1.82, 2.24) is 4.31 Å². The van der Waals surface area contributed by atoms with E-state index >= 15 is 0 Å². The number of sulfonamides is 1. The van der Waals surface area contributed by atoms with Crippen molar-refractivity contribution in [3.05, 3.63) is 58.1 Å². The van der Waals surface area contributed by atoms with Crippen molar-refractivity contribution < 1.29 is 27.7 Å². The van der Waals surface area contributed by atoms with E-state index in [9.17, 15) is 28.1 Å². The first-order valence-electron chi connectivity index (χ1n) is 7.54. The number of fused-ring (bicyclic) bond motifs is 1. The summed E-state index contributed by atoms with van der Waals surface area (Å²) in [5, 5.41) is 13.2. The molecule has 11 heteroatoms. The van der Waals surface area contributed by atoms with E-state index in [2.05, 4.69) is 5.32 Å². The van der Waals surface area contributed by atoms with Gasteiger partial charge in [0, 0.05) is 12.1 Å². The van der Waals surface area contributed by atoms with Crippen molar-refractivity contribution in [2.75, 3.05) is 19.0 Å². The molecule has 2 amide bonds. The molecule has 2 aromatic carbocycles. The monoisotopic (exact) mass is 391 g/mol. The van der Waals surface area contributed by atoms with Gasteiger partial charge in [-0.25, -0.2) is 12.7 Å². The molecule has 0 bridgehead atoms. The standard InChI is InChI=1S/C16H13N3O7S/c1-26-13-7-6-10(19(22)23)8-12(13)17-15(20)9-18-16(21)11-4-2-3-5-14(11)27(18,24)25/h2-8H,9H2,1H3,(H,17,20). The Morgan fingerprint density at radius 1 is 1.26 bits per heavy atom. The first-order valence-corrected chi connectivity index (χ1v) is 8.98. The Bertz CT molecular complexity index is 1070. The van der Waals surface area contributed by atoms with E-state index in [0.29, 0.717) is 4.31 Å². The van der Waals surface area contributed by atoms with Gasteiger partial charge in [0.05, 0.1) is 23.3 Å². The summed E-state index contributed by atoms with van der Waals surface area (Å²) in [5.74, 6) is -1.52.